The molecule has 1 heterocycles. The first-order valence-electron chi connectivity index (χ1n) is 7.98. The maximum Gasteiger partial charge on any atom is 0.0810 e. The van der Waals surface area contributed by atoms with E-state index in [-0.39, 0.29) is 5.60 Å². The third kappa shape index (κ3) is 3.62. The van der Waals surface area contributed by atoms with Crippen molar-refractivity contribution >= 4 is 0 Å². The second-order valence-corrected chi connectivity index (χ2v) is 6.39. The zero-order valence-corrected chi connectivity index (χ0v) is 13.5. The highest BCUT2D eigenvalue weighted by atomic mass is 16.5. The van der Waals surface area contributed by atoms with Crippen LogP contribution in [0.15, 0.2) is 18.2 Å². The lowest BCUT2D eigenvalue weighted by molar-refractivity contribution is -0.0114. The summed E-state index contributed by atoms with van der Waals surface area (Å²) in [4.78, 5) is 0. The van der Waals surface area contributed by atoms with Gasteiger partial charge in [0, 0.05) is 12.6 Å². The van der Waals surface area contributed by atoms with E-state index in [1.54, 1.807) is 0 Å². The van der Waals surface area contributed by atoms with Gasteiger partial charge in [-0.2, -0.15) is 0 Å². The van der Waals surface area contributed by atoms with Crippen molar-refractivity contribution in [3.05, 3.63) is 34.9 Å². The first kappa shape index (κ1) is 15.5. The zero-order valence-electron chi connectivity index (χ0n) is 13.5. The molecule has 0 saturated carbocycles. The highest BCUT2D eigenvalue weighted by Gasteiger charge is 2.37. The van der Waals surface area contributed by atoms with Crippen LogP contribution in [0.5, 0.6) is 0 Å². The van der Waals surface area contributed by atoms with E-state index < -0.39 is 0 Å². The number of hydrogen-bond acceptors (Lipinski definition) is 2. The summed E-state index contributed by atoms with van der Waals surface area (Å²) >= 11 is 0. The Labute approximate surface area is 123 Å². The van der Waals surface area contributed by atoms with Crippen LogP contribution >= 0.6 is 0 Å². The van der Waals surface area contributed by atoms with Gasteiger partial charge in [-0.05, 0) is 69.7 Å². The summed E-state index contributed by atoms with van der Waals surface area (Å²) < 4.78 is 6.06. The van der Waals surface area contributed by atoms with Crippen LogP contribution in [0.25, 0.3) is 0 Å². The fourth-order valence-corrected chi connectivity index (χ4v) is 3.06. The van der Waals surface area contributed by atoms with Crippen LogP contribution in [-0.4, -0.2) is 24.8 Å². The SMILES string of the molecule is CCCNC(Cc1ccc(C)c(C)c1)C1(C)CCCO1. The van der Waals surface area contributed by atoms with Crippen molar-refractivity contribution in [3.8, 4) is 0 Å². The van der Waals surface area contributed by atoms with Crippen LogP contribution < -0.4 is 5.32 Å². The monoisotopic (exact) mass is 275 g/mol. The third-order valence-electron chi connectivity index (χ3n) is 4.64. The number of benzene rings is 1. The molecule has 2 unspecified atom stereocenters. The molecule has 2 rings (SSSR count). The number of ether oxygens (including phenoxy) is 1. The summed E-state index contributed by atoms with van der Waals surface area (Å²) in [7, 11) is 0. The molecule has 1 saturated heterocycles. The van der Waals surface area contributed by atoms with Gasteiger partial charge in [0.15, 0.2) is 0 Å². The molecule has 1 N–H and O–H groups in total. The second-order valence-electron chi connectivity index (χ2n) is 6.39. The van der Waals surface area contributed by atoms with Gasteiger partial charge in [-0.3, -0.25) is 0 Å². The molecule has 2 nitrogen and oxygen atoms in total. The molecule has 20 heavy (non-hydrogen) atoms. The lowest BCUT2D eigenvalue weighted by Gasteiger charge is -2.34. The molecule has 1 fully saturated rings. The highest BCUT2D eigenvalue weighted by molar-refractivity contribution is 5.30. The molecule has 1 aromatic rings. The van der Waals surface area contributed by atoms with Crippen molar-refractivity contribution in [3.63, 3.8) is 0 Å². The van der Waals surface area contributed by atoms with Gasteiger partial charge in [0.25, 0.3) is 0 Å². The molecule has 112 valence electrons. The minimum Gasteiger partial charge on any atom is -0.374 e. The number of aryl methyl sites for hydroxylation is 2. The summed E-state index contributed by atoms with van der Waals surface area (Å²) in [5, 5.41) is 3.71. The zero-order chi connectivity index (χ0) is 14.6. The van der Waals surface area contributed by atoms with Crippen molar-refractivity contribution < 1.29 is 4.74 Å². The molecule has 0 radical (unpaired) electrons. The van der Waals surface area contributed by atoms with Crippen molar-refractivity contribution in [2.75, 3.05) is 13.2 Å². The predicted octanol–water partition coefficient (Wildman–Crippen LogP) is 3.78. The predicted molar refractivity (Wildman–Crippen MR) is 85.3 cm³/mol. The van der Waals surface area contributed by atoms with E-state index >= 15 is 0 Å². The summed E-state index contributed by atoms with van der Waals surface area (Å²) in [6, 6.07) is 7.24. The molecule has 0 bridgehead atoms. The largest absolute Gasteiger partial charge is 0.374 e. The highest BCUT2D eigenvalue weighted by Crippen LogP contribution is 2.30. The topological polar surface area (TPSA) is 21.3 Å². The molecule has 0 amide bonds. The Hall–Kier alpha value is -0.860. The quantitative estimate of drug-likeness (QED) is 0.853. The lowest BCUT2D eigenvalue weighted by Crippen LogP contribution is -2.50. The van der Waals surface area contributed by atoms with Gasteiger partial charge in [0.05, 0.1) is 5.60 Å². The van der Waals surface area contributed by atoms with E-state index in [4.69, 9.17) is 4.74 Å². The average Bonchev–Trinajstić information content (AvgIpc) is 2.86. The number of nitrogens with one attached hydrogen (secondary N) is 1. The number of hydrogen-bond donors (Lipinski definition) is 1. The van der Waals surface area contributed by atoms with Crippen molar-refractivity contribution in [2.24, 2.45) is 0 Å². The van der Waals surface area contributed by atoms with Crippen molar-refractivity contribution in [1.29, 1.82) is 0 Å². The third-order valence-corrected chi connectivity index (χ3v) is 4.64. The van der Waals surface area contributed by atoms with Crippen LogP contribution in [-0.2, 0) is 11.2 Å². The van der Waals surface area contributed by atoms with E-state index in [1.165, 1.54) is 36.0 Å². The molecule has 0 aromatic heterocycles. The van der Waals surface area contributed by atoms with Crippen LogP contribution in [0.1, 0.15) is 49.8 Å². The van der Waals surface area contributed by atoms with Gasteiger partial charge < -0.3 is 10.1 Å². The fraction of sp³-hybridized carbons (Fsp3) is 0.667. The van der Waals surface area contributed by atoms with E-state index in [9.17, 15) is 0 Å². The fourth-order valence-electron chi connectivity index (χ4n) is 3.06. The smallest absolute Gasteiger partial charge is 0.0810 e. The van der Waals surface area contributed by atoms with Gasteiger partial charge in [0.2, 0.25) is 0 Å². The van der Waals surface area contributed by atoms with E-state index in [2.05, 4.69) is 51.2 Å². The van der Waals surface area contributed by atoms with E-state index in [0.29, 0.717) is 6.04 Å². The molecule has 1 aliphatic heterocycles. The maximum atomic E-state index is 6.06. The molecule has 1 aliphatic rings. The van der Waals surface area contributed by atoms with Crippen LogP contribution in [0, 0.1) is 13.8 Å². The molecule has 0 spiro atoms. The Kier molecular flexibility index (Phi) is 5.22. The summed E-state index contributed by atoms with van der Waals surface area (Å²) in [6.45, 7) is 10.8. The van der Waals surface area contributed by atoms with Gasteiger partial charge in [-0.1, -0.05) is 25.1 Å². The van der Waals surface area contributed by atoms with Crippen LogP contribution in [0.3, 0.4) is 0 Å². The minimum atomic E-state index is -0.00599. The minimum absolute atomic E-state index is 0.00599. The molecule has 2 heteroatoms. The Morgan fingerprint density at radius 3 is 2.70 bits per heavy atom. The summed E-state index contributed by atoms with van der Waals surface area (Å²) in [5.41, 5.74) is 4.16. The van der Waals surface area contributed by atoms with Crippen LogP contribution in [0.4, 0.5) is 0 Å². The van der Waals surface area contributed by atoms with E-state index in [1.807, 2.05) is 0 Å². The first-order valence-corrected chi connectivity index (χ1v) is 7.98. The van der Waals surface area contributed by atoms with Crippen molar-refractivity contribution in [2.45, 2.75) is 65.0 Å². The lowest BCUT2D eigenvalue weighted by atomic mass is 9.87. The van der Waals surface area contributed by atoms with Gasteiger partial charge in [-0.25, -0.2) is 0 Å². The normalized spacial score (nSPS) is 24.0. The Morgan fingerprint density at radius 1 is 1.30 bits per heavy atom. The van der Waals surface area contributed by atoms with Gasteiger partial charge in [-0.15, -0.1) is 0 Å². The Bertz CT molecular complexity index is 435. The first-order chi connectivity index (χ1) is 9.55. The summed E-state index contributed by atoms with van der Waals surface area (Å²) in [5.74, 6) is 0. The molecular weight excluding hydrogens is 246 g/mol. The van der Waals surface area contributed by atoms with Gasteiger partial charge >= 0.3 is 0 Å². The van der Waals surface area contributed by atoms with E-state index in [0.717, 1.165) is 19.6 Å². The maximum absolute atomic E-state index is 6.06. The molecule has 0 aliphatic carbocycles. The Morgan fingerprint density at radius 2 is 2.10 bits per heavy atom. The van der Waals surface area contributed by atoms with Gasteiger partial charge in [0.1, 0.15) is 0 Å². The Balaban J connectivity index is 2.12. The second kappa shape index (κ2) is 6.73. The molecular formula is C18H29NO. The summed E-state index contributed by atoms with van der Waals surface area (Å²) in [6.07, 6.45) is 4.57. The van der Waals surface area contributed by atoms with Crippen molar-refractivity contribution in [1.82, 2.24) is 5.32 Å². The molecule has 1 aromatic carbocycles. The van der Waals surface area contributed by atoms with Crippen LogP contribution in [0.2, 0.25) is 0 Å². The number of rotatable bonds is 6. The molecule has 2 atom stereocenters. The standard InChI is InChI=1S/C18H29NO/c1-5-10-19-17(18(4)9-6-11-20-18)13-16-8-7-14(2)15(3)12-16/h7-8,12,17,19H,5-6,9-11,13H2,1-4H3. The average molecular weight is 275 g/mol.